The van der Waals surface area contributed by atoms with Gasteiger partial charge in [0.2, 0.25) is 5.91 Å². The van der Waals surface area contributed by atoms with Crippen molar-refractivity contribution in [1.82, 2.24) is 0 Å². The number of benzene rings is 1. The van der Waals surface area contributed by atoms with Gasteiger partial charge in [-0.1, -0.05) is 25.4 Å². The number of aromatic hydroxyl groups is 1. The topological polar surface area (TPSA) is 86.6 Å². The summed E-state index contributed by atoms with van der Waals surface area (Å²) >= 11 is 5.77. The largest absolute Gasteiger partial charge is 0.506 e. The zero-order valence-electron chi connectivity index (χ0n) is 10.5. The number of aliphatic carboxylic acids is 1. The number of carboxylic acids is 1. The zero-order valence-corrected chi connectivity index (χ0v) is 11.2. The molecule has 0 heterocycles. The molecule has 1 fully saturated rings. The van der Waals surface area contributed by atoms with Crippen molar-refractivity contribution >= 4 is 29.2 Å². The predicted octanol–water partition coefficient (Wildman–Crippen LogP) is 2.34. The normalized spacial score (nSPS) is 23.7. The van der Waals surface area contributed by atoms with Gasteiger partial charge in [0, 0.05) is 5.02 Å². The molecule has 2 rings (SSSR count). The fourth-order valence-electron chi connectivity index (χ4n) is 2.41. The van der Waals surface area contributed by atoms with Gasteiger partial charge in [0.25, 0.3) is 0 Å². The van der Waals surface area contributed by atoms with E-state index in [4.69, 9.17) is 16.7 Å². The minimum atomic E-state index is -0.986. The third-order valence-electron chi connectivity index (χ3n) is 3.59. The number of carbonyl (C=O) groups is 2. The molecule has 102 valence electrons. The lowest BCUT2D eigenvalue weighted by Crippen LogP contribution is -2.17. The van der Waals surface area contributed by atoms with Gasteiger partial charge in [-0.3, -0.25) is 9.59 Å². The summed E-state index contributed by atoms with van der Waals surface area (Å²) in [4.78, 5) is 23.1. The molecule has 0 unspecified atom stereocenters. The lowest BCUT2D eigenvalue weighted by atomic mass is 10.1. The lowest BCUT2D eigenvalue weighted by Gasteiger charge is -2.08. The maximum atomic E-state index is 12.0. The predicted molar refractivity (Wildman–Crippen MR) is 70.1 cm³/mol. The molecule has 19 heavy (non-hydrogen) atoms. The first-order valence-corrected chi connectivity index (χ1v) is 6.15. The van der Waals surface area contributed by atoms with E-state index in [0.717, 1.165) is 0 Å². The molecule has 1 aromatic rings. The van der Waals surface area contributed by atoms with Crippen LogP contribution in [-0.2, 0) is 9.59 Å². The van der Waals surface area contributed by atoms with Crippen LogP contribution >= 0.6 is 11.6 Å². The fourth-order valence-corrected chi connectivity index (χ4v) is 2.58. The van der Waals surface area contributed by atoms with Crippen LogP contribution in [-0.4, -0.2) is 22.1 Å². The Morgan fingerprint density at radius 2 is 1.95 bits per heavy atom. The smallest absolute Gasteiger partial charge is 0.307 e. The average molecular weight is 284 g/mol. The molecule has 3 N–H and O–H groups in total. The third-order valence-corrected chi connectivity index (χ3v) is 3.83. The Morgan fingerprint density at radius 3 is 2.47 bits per heavy atom. The first kappa shape index (κ1) is 13.7. The summed E-state index contributed by atoms with van der Waals surface area (Å²) in [5, 5.41) is 21.5. The standard InChI is InChI=1S/C13H14ClNO4/c1-13(2)9(10(13)12(18)19)11(17)15-7-5-6(14)3-4-8(7)16/h3-5,9-10,16H,1-2H3,(H,15,17)(H,18,19)/t9-,10+/m0/s1. The summed E-state index contributed by atoms with van der Waals surface area (Å²) in [6.07, 6.45) is 0. The van der Waals surface area contributed by atoms with Gasteiger partial charge in [0.1, 0.15) is 5.75 Å². The highest BCUT2D eigenvalue weighted by atomic mass is 35.5. The summed E-state index contributed by atoms with van der Waals surface area (Å²) in [5.74, 6) is -2.82. The number of nitrogens with one attached hydrogen (secondary N) is 1. The molecule has 0 aromatic heterocycles. The first-order chi connectivity index (χ1) is 8.75. The van der Waals surface area contributed by atoms with Gasteiger partial charge >= 0.3 is 5.97 Å². The molecule has 1 aromatic carbocycles. The number of phenols is 1. The van der Waals surface area contributed by atoms with E-state index in [9.17, 15) is 14.7 Å². The van der Waals surface area contributed by atoms with Crippen LogP contribution in [0.1, 0.15) is 13.8 Å². The van der Waals surface area contributed by atoms with Crippen molar-refractivity contribution in [1.29, 1.82) is 0 Å². The Kier molecular flexibility index (Phi) is 3.18. The van der Waals surface area contributed by atoms with Gasteiger partial charge in [0.15, 0.2) is 0 Å². The number of hydrogen-bond acceptors (Lipinski definition) is 3. The highest BCUT2D eigenvalue weighted by molar-refractivity contribution is 6.31. The van der Waals surface area contributed by atoms with Crippen LogP contribution < -0.4 is 5.32 Å². The van der Waals surface area contributed by atoms with Crippen molar-refractivity contribution in [3.8, 4) is 5.75 Å². The molecule has 0 saturated heterocycles. The maximum Gasteiger partial charge on any atom is 0.307 e. The molecule has 0 bridgehead atoms. The Bertz CT molecular complexity index is 556. The fraction of sp³-hybridized carbons (Fsp3) is 0.385. The number of carbonyl (C=O) groups excluding carboxylic acids is 1. The van der Waals surface area contributed by atoms with Crippen LogP contribution in [0.4, 0.5) is 5.69 Å². The lowest BCUT2D eigenvalue weighted by molar-refractivity contribution is -0.140. The number of amides is 1. The van der Waals surface area contributed by atoms with Crippen LogP contribution in [0, 0.1) is 17.3 Å². The number of carboxylic acid groups (broad SMARTS) is 1. The van der Waals surface area contributed by atoms with Crippen LogP contribution in [0.15, 0.2) is 18.2 Å². The molecule has 0 spiro atoms. The number of halogens is 1. The number of anilines is 1. The second-order valence-corrected chi connectivity index (χ2v) is 5.70. The zero-order chi connectivity index (χ0) is 14.4. The van der Waals surface area contributed by atoms with E-state index in [1.807, 2.05) is 0 Å². The molecule has 1 amide bonds. The molecule has 1 saturated carbocycles. The van der Waals surface area contributed by atoms with Gasteiger partial charge in [0.05, 0.1) is 17.5 Å². The molecular weight excluding hydrogens is 270 g/mol. The van der Waals surface area contributed by atoms with E-state index < -0.39 is 29.1 Å². The van der Waals surface area contributed by atoms with Gasteiger partial charge < -0.3 is 15.5 Å². The Labute approximate surface area is 115 Å². The van der Waals surface area contributed by atoms with E-state index in [-0.39, 0.29) is 11.4 Å². The van der Waals surface area contributed by atoms with Crippen molar-refractivity contribution in [3.63, 3.8) is 0 Å². The number of hydrogen-bond donors (Lipinski definition) is 3. The highest BCUT2D eigenvalue weighted by Gasteiger charge is 2.65. The summed E-state index contributed by atoms with van der Waals surface area (Å²) in [6.45, 7) is 3.46. The van der Waals surface area contributed by atoms with Crippen LogP contribution in [0.2, 0.25) is 5.02 Å². The number of rotatable bonds is 3. The van der Waals surface area contributed by atoms with E-state index in [1.54, 1.807) is 13.8 Å². The molecule has 0 aliphatic heterocycles. The molecule has 6 heteroatoms. The highest BCUT2D eigenvalue weighted by Crippen LogP contribution is 2.58. The van der Waals surface area contributed by atoms with E-state index in [2.05, 4.69) is 5.32 Å². The monoisotopic (exact) mass is 283 g/mol. The van der Waals surface area contributed by atoms with Crippen LogP contribution in [0.3, 0.4) is 0 Å². The molecule has 1 aliphatic carbocycles. The maximum absolute atomic E-state index is 12.0. The Morgan fingerprint density at radius 1 is 1.32 bits per heavy atom. The average Bonchev–Trinajstić information content (AvgIpc) is 2.87. The molecule has 0 radical (unpaired) electrons. The Hall–Kier alpha value is -1.75. The van der Waals surface area contributed by atoms with E-state index in [0.29, 0.717) is 5.02 Å². The van der Waals surface area contributed by atoms with Crippen molar-refractivity contribution < 1.29 is 19.8 Å². The van der Waals surface area contributed by atoms with Crippen molar-refractivity contribution in [2.75, 3.05) is 5.32 Å². The quantitative estimate of drug-likeness (QED) is 0.743. The van der Waals surface area contributed by atoms with Crippen LogP contribution in [0.25, 0.3) is 0 Å². The van der Waals surface area contributed by atoms with Gasteiger partial charge in [-0.2, -0.15) is 0 Å². The van der Waals surface area contributed by atoms with Gasteiger partial charge in [-0.15, -0.1) is 0 Å². The molecule has 5 nitrogen and oxygen atoms in total. The Balaban J connectivity index is 2.15. The van der Waals surface area contributed by atoms with E-state index >= 15 is 0 Å². The third kappa shape index (κ3) is 2.38. The van der Waals surface area contributed by atoms with Crippen molar-refractivity contribution in [2.24, 2.45) is 17.3 Å². The molecular formula is C13H14ClNO4. The second-order valence-electron chi connectivity index (χ2n) is 5.27. The van der Waals surface area contributed by atoms with Crippen LogP contribution in [0.5, 0.6) is 5.75 Å². The first-order valence-electron chi connectivity index (χ1n) is 5.77. The molecule has 2 atom stereocenters. The van der Waals surface area contributed by atoms with Gasteiger partial charge in [-0.05, 0) is 23.6 Å². The van der Waals surface area contributed by atoms with E-state index in [1.165, 1.54) is 18.2 Å². The molecule has 1 aliphatic rings. The van der Waals surface area contributed by atoms with Crippen molar-refractivity contribution in [3.05, 3.63) is 23.2 Å². The minimum Gasteiger partial charge on any atom is -0.506 e. The summed E-state index contributed by atoms with van der Waals surface area (Å²) < 4.78 is 0. The second kappa shape index (κ2) is 4.42. The van der Waals surface area contributed by atoms with Crippen molar-refractivity contribution in [2.45, 2.75) is 13.8 Å². The minimum absolute atomic E-state index is 0.108. The SMILES string of the molecule is CC1(C)[C@H](C(=O)Nc2cc(Cl)ccc2O)[C@@H]1C(=O)O. The summed E-state index contributed by atoms with van der Waals surface area (Å²) in [6, 6.07) is 4.28. The summed E-state index contributed by atoms with van der Waals surface area (Å²) in [5.41, 5.74) is -0.395. The van der Waals surface area contributed by atoms with Gasteiger partial charge in [-0.25, -0.2) is 0 Å². The summed E-state index contributed by atoms with van der Waals surface area (Å²) in [7, 11) is 0. The number of phenolic OH excluding ortho intramolecular Hbond substituents is 1.